The molecule has 3 rings (SSSR count). The molecule has 0 amide bonds. The minimum absolute atomic E-state index is 0.129. The lowest BCUT2D eigenvalue weighted by Crippen LogP contribution is -2.24. The highest BCUT2D eigenvalue weighted by Gasteiger charge is 2.17. The minimum Gasteiger partial charge on any atom is -0.336 e. The number of fused-ring (bicyclic) bond motifs is 1. The van der Waals surface area contributed by atoms with Gasteiger partial charge in [0.1, 0.15) is 5.82 Å². The lowest BCUT2D eigenvalue weighted by molar-refractivity contribution is 0.577. The molecule has 0 saturated heterocycles. The molecular weight excluding hydrogens is 246 g/mol. The first kappa shape index (κ1) is 12.9. The van der Waals surface area contributed by atoms with Crippen LogP contribution in [0.2, 0.25) is 0 Å². The number of hydrogen-bond donors (Lipinski definition) is 1. The van der Waals surface area contributed by atoms with Crippen LogP contribution >= 0.6 is 0 Å². The van der Waals surface area contributed by atoms with Gasteiger partial charge >= 0.3 is 0 Å². The van der Waals surface area contributed by atoms with Crippen molar-refractivity contribution in [3.63, 3.8) is 0 Å². The number of aryl methyl sites for hydroxylation is 1. The summed E-state index contributed by atoms with van der Waals surface area (Å²) in [6.45, 7) is 3.03. The molecule has 0 aliphatic rings. The van der Waals surface area contributed by atoms with Gasteiger partial charge in [0.25, 0.3) is 0 Å². The zero-order valence-corrected chi connectivity index (χ0v) is 11.9. The van der Waals surface area contributed by atoms with Crippen LogP contribution in [0.5, 0.6) is 0 Å². The Balaban J connectivity index is 2.07. The van der Waals surface area contributed by atoms with Crippen LogP contribution < -0.4 is 5.32 Å². The topological polar surface area (TPSA) is 29.9 Å². The average molecular weight is 265 g/mol. The molecule has 1 heterocycles. The van der Waals surface area contributed by atoms with Crippen LogP contribution in [0.1, 0.15) is 24.4 Å². The van der Waals surface area contributed by atoms with Gasteiger partial charge in [0.2, 0.25) is 0 Å². The summed E-state index contributed by atoms with van der Waals surface area (Å²) >= 11 is 0. The molecule has 1 N–H and O–H groups in total. The molecule has 102 valence electrons. The van der Waals surface area contributed by atoms with Crippen LogP contribution in [0.4, 0.5) is 0 Å². The number of nitrogens with zero attached hydrogens (tertiary/aromatic N) is 2. The first-order chi connectivity index (χ1) is 9.79. The molecule has 0 radical (unpaired) electrons. The Kier molecular flexibility index (Phi) is 3.52. The van der Waals surface area contributed by atoms with Crippen LogP contribution in [0, 0.1) is 0 Å². The number of aromatic nitrogens is 2. The maximum atomic E-state index is 4.49. The maximum absolute atomic E-state index is 4.49. The monoisotopic (exact) mass is 265 g/mol. The summed E-state index contributed by atoms with van der Waals surface area (Å²) in [6, 6.07) is 15.2. The molecule has 0 spiro atoms. The molecule has 3 nitrogen and oxygen atoms in total. The predicted molar refractivity (Wildman–Crippen MR) is 82.7 cm³/mol. The number of rotatable bonds is 4. The van der Waals surface area contributed by atoms with Gasteiger partial charge in [0.15, 0.2) is 0 Å². The van der Waals surface area contributed by atoms with Crippen LogP contribution in [0.25, 0.3) is 10.8 Å². The van der Waals surface area contributed by atoms with Crippen molar-refractivity contribution in [1.82, 2.24) is 14.9 Å². The van der Waals surface area contributed by atoms with Gasteiger partial charge in [-0.25, -0.2) is 4.98 Å². The van der Waals surface area contributed by atoms with E-state index in [0.29, 0.717) is 0 Å². The number of nitrogens with one attached hydrogen (secondary N) is 1. The van der Waals surface area contributed by atoms with Gasteiger partial charge in [0.05, 0.1) is 6.04 Å². The van der Waals surface area contributed by atoms with Gasteiger partial charge in [-0.05, 0) is 28.9 Å². The largest absolute Gasteiger partial charge is 0.336 e. The summed E-state index contributed by atoms with van der Waals surface area (Å²) in [7, 11) is 2.04. The molecule has 1 atom stereocenters. The quantitative estimate of drug-likeness (QED) is 0.784. The van der Waals surface area contributed by atoms with E-state index in [4.69, 9.17) is 0 Å². The van der Waals surface area contributed by atoms with E-state index in [1.807, 2.05) is 19.4 Å². The van der Waals surface area contributed by atoms with Crippen molar-refractivity contribution < 1.29 is 0 Å². The normalized spacial score (nSPS) is 12.7. The Hall–Kier alpha value is -2.13. The molecule has 0 bridgehead atoms. The van der Waals surface area contributed by atoms with E-state index in [2.05, 4.69) is 64.3 Å². The average Bonchev–Trinajstić information content (AvgIpc) is 2.90. The molecule has 1 aromatic heterocycles. The third-order valence-electron chi connectivity index (χ3n) is 3.63. The molecule has 0 aliphatic carbocycles. The minimum atomic E-state index is 0.129. The van der Waals surface area contributed by atoms with E-state index in [0.717, 1.165) is 12.4 Å². The highest BCUT2D eigenvalue weighted by molar-refractivity contribution is 5.83. The second kappa shape index (κ2) is 5.47. The van der Waals surface area contributed by atoms with E-state index >= 15 is 0 Å². The van der Waals surface area contributed by atoms with Crippen molar-refractivity contribution in [2.45, 2.75) is 13.0 Å². The molecule has 0 saturated carbocycles. The second-order valence-electron chi connectivity index (χ2n) is 4.99. The molecule has 20 heavy (non-hydrogen) atoms. The molecule has 0 aliphatic heterocycles. The zero-order chi connectivity index (χ0) is 13.9. The van der Waals surface area contributed by atoms with E-state index in [1.165, 1.54) is 16.3 Å². The number of benzene rings is 2. The summed E-state index contributed by atoms with van der Waals surface area (Å²) < 4.78 is 2.07. The first-order valence-electron chi connectivity index (χ1n) is 6.99. The van der Waals surface area contributed by atoms with Crippen molar-refractivity contribution in [2.24, 2.45) is 7.05 Å². The third kappa shape index (κ3) is 2.32. The highest BCUT2D eigenvalue weighted by Crippen LogP contribution is 2.24. The Labute approximate surface area is 119 Å². The lowest BCUT2D eigenvalue weighted by Gasteiger charge is -2.18. The van der Waals surface area contributed by atoms with Crippen molar-refractivity contribution in [3.05, 3.63) is 66.2 Å². The Morgan fingerprint density at radius 1 is 1.15 bits per heavy atom. The van der Waals surface area contributed by atoms with Crippen molar-refractivity contribution in [1.29, 1.82) is 0 Å². The van der Waals surface area contributed by atoms with Gasteiger partial charge in [0, 0.05) is 19.4 Å². The summed E-state index contributed by atoms with van der Waals surface area (Å²) in [6.07, 6.45) is 3.83. The fourth-order valence-corrected chi connectivity index (χ4v) is 2.60. The molecular formula is C17H19N3. The smallest absolute Gasteiger partial charge is 0.130 e. The van der Waals surface area contributed by atoms with E-state index < -0.39 is 0 Å². The van der Waals surface area contributed by atoms with Crippen molar-refractivity contribution in [2.75, 3.05) is 6.54 Å². The summed E-state index contributed by atoms with van der Waals surface area (Å²) in [5.74, 6) is 1.04. The second-order valence-corrected chi connectivity index (χ2v) is 4.99. The Bertz CT molecular complexity index is 715. The third-order valence-corrected chi connectivity index (χ3v) is 3.63. The van der Waals surface area contributed by atoms with Gasteiger partial charge in [-0.15, -0.1) is 0 Å². The van der Waals surface area contributed by atoms with Gasteiger partial charge in [-0.2, -0.15) is 0 Å². The Morgan fingerprint density at radius 2 is 1.95 bits per heavy atom. The number of imidazole rings is 1. The molecule has 2 aromatic carbocycles. The summed E-state index contributed by atoms with van der Waals surface area (Å²) in [5, 5.41) is 6.06. The van der Waals surface area contributed by atoms with E-state index in [9.17, 15) is 0 Å². The zero-order valence-electron chi connectivity index (χ0n) is 11.9. The Morgan fingerprint density at radius 3 is 2.65 bits per heavy atom. The standard InChI is InChI=1S/C17H19N3/c1-3-18-16(17-19-10-11-20(17)2)15-9-8-13-6-4-5-7-14(13)12-15/h4-12,16,18H,3H2,1-2H3. The summed E-state index contributed by atoms with van der Waals surface area (Å²) in [4.78, 5) is 4.49. The van der Waals surface area contributed by atoms with Crippen LogP contribution in [0.3, 0.4) is 0 Å². The molecule has 0 fully saturated rings. The fourth-order valence-electron chi connectivity index (χ4n) is 2.60. The van der Waals surface area contributed by atoms with Crippen LogP contribution in [-0.2, 0) is 7.05 Å². The SMILES string of the molecule is CCNC(c1ccc2ccccc2c1)c1nccn1C. The maximum Gasteiger partial charge on any atom is 0.130 e. The first-order valence-corrected chi connectivity index (χ1v) is 6.99. The number of hydrogen-bond acceptors (Lipinski definition) is 2. The molecule has 3 aromatic rings. The van der Waals surface area contributed by atoms with Crippen LogP contribution in [-0.4, -0.2) is 16.1 Å². The van der Waals surface area contributed by atoms with Gasteiger partial charge < -0.3 is 9.88 Å². The van der Waals surface area contributed by atoms with E-state index in [1.54, 1.807) is 0 Å². The van der Waals surface area contributed by atoms with Gasteiger partial charge in [-0.1, -0.05) is 43.3 Å². The predicted octanol–water partition coefficient (Wildman–Crippen LogP) is 3.27. The van der Waals surface area contributed by atoms with E-state index in [-0.39, 0.29) is 6.04 Å². The van der Waals surface area contributed by atoms with Gasteiger partial charge in [-0.3, -0.25) is 0 Å². The fraction of sp³-hybridized carbons (Fsp3) is 0.235. The van der Waals surface area contributed by atoms with Crippen molar-refractivity contribution >= 4 is 10.8 Å². The highest BCUT2D eigenvalue weighted by atomic mass is 15.1. The summed E-state index contributed by atoms with van der Waals surface area (Å²) in [5.41, 5.74) is 1.25. The molecule has 3 heteroatoms. The van der Waals surface area contributed by atoms with Crippen LogP contribution in [0.15, 0.2) is 54.9 Å². The van der Waals surface area contributed by atoms with Crippen molar-refractivity contribution in [3.8, 4) is 0 Å². The lowest BCUT2D eigenvalue weighted by atomic mass is 10.0. The molecule has 1 unspecified atom stereocenters.